The summed E-state index contributed by atoms with van der Waals surface area (Å²) in [5, 5.41) is 14.2. The van der Waals surface area contributed by atoms with Gasteiger partial charge in [0.1, 0.15) is 5.82 Å². The molecule has 4 rings (SSSR count). The number of para-hydroxylation sites is 1. The van der Waals surface area contributed by atoms with Gasteiger partial charge in [-0.2, -0.15) is 0 Å². The standard InChI is InChI=1S/C24H23FN4OS2/c1-16(2)14-26-23(30)18-11-9-17(10-12-18)15-32-24-28-27-22(21-8-5-13-31-21)29(24)20-7-4-3-6-19(20)25/h3-13,16H,14-15H2,1-2H3,(H,26,30). The maximum atomic E-state index is 14.6. The van der Waals surface area contributed by atoms with Crippen LogP contribution in [0.2, 0.25) is 0 Å². The molecule has 0 aliphatic heterocycles. The molecule has 164 valence electrons. The summed E-state index contributed by atoms with van der Waals surface area (Å²) in [5.74, 6) is 1.23. The van der Waals surface area contributed by atoms with E-state index >= 15 is 0 Å². The molecule has 0 unspecified atom stereocenters. The van der Waals surface area contributed by atoms with Crippen LogP contribution in [0.4, 0.5) is 4.39 Å². The van der Waals surface area contributed by atoms with Gasteiger partial charge in [0.2, 0.25) is 0 Å². The summed E-state index contributed by atoms with van der Waals surface area (Å²) in [6.07, 6.45) is 0. The molecular formula is C24H23FN4OS2. The Balaban J connectivity index is 1.54. The number of nitrogens with one attached hydrogen (secondary N) is 1. The second-order valence-electron chi connectivity index (χ2n) is 7.66. The van der Waals surface area contributed by atoms with E-state index in [4.69, 9.17) is 0 Å². The quantitative estimate of drug-likeness (QED) is 0.333. The van der Waals surface area contributed by atoms with Crippen molar-refractivity contribution in [3.8, 4) is 16.4 Å². The SMILES string of the molecule is CC(C)CNC(=O)c1ccc(CSc2nnc(-c3cccs3)n2-c2ccccc2F)cc1. The van der Waals surface area contributed by atoms with Crippen molar-refractivity contribution in [3.63, 3.8) is 0 Å². The number of amides is 1. The number of thiophene rings is 1. The van der Waals surface area contributed by atoms with E-state index in [0.29, 0.717) is 40.4 Å². The number of thioether (sulfide) groups is 1. The highest BCUT2D eigenvalue weighted by atomic mass is 32.2. The molecule has 2 aromatic heterocycles. The van der Waals surface area contributed by atoms with E-state index in [1.54, 1.807) is 22.8 Å². The van der Waals surface area contributed by atoms with E-state index in [2.05, 4.69) is 29.4 Å². The maximum Gasteiger partial charge on any atom is 0.251 e. The number of carbonyl (C=O) groups is 1. The molecule has 32 heavy (non-hydrogen) atoms. The minimum absolute atomic E-state index is 0.0715. The first-order chi connectivity index (χ1) is 15.5. The van der Waals surface area contributed by atoms with Gasteiger partial charge in [-0.25, -0.2) is 4.39 Å². The van der Waals surface area contributed by atoms with Crippen LogP contribution >= 0.6 is 23.1 Å². The molecule has 0 bridgehead atoms. The van der Waals surface area contributed by atoms with Gasteiger partial charge in [-0.1, -0.05) is 55.9 Å². The lowest BCUT2D eigenvalue weighted by atomic mass is 10.1. The van der Waals surface area contributed by atoms with Crippen molar-refractivity contribution in [3.05, 3.63) is 83.0 Å². The predicted molar refractivity (Wildman–Crippen MR) is 128 cm³/mol. The van der Waals surface area contributed by atoms with E-state index in [1.165, 1.54) is 29.2 Å². The van der Waals surface area contributed by atoms with Gasteiger partial charge in [-0.15, -0.1) is 21.5 Å². The Labute approximate surface area is 194 Å². The number of halogens is 1. The van der Waals surface area contributed by atoms with Gasteiger partial charge in [-0.05, 0) is 47.2 Å². The van der Waals surface area contributed by atoms with Crippen LogP contribution in [0.5, 0.6) is 0 Å². The smallest absolute Gasteiger partial charge is 0.251 e. The van der Waals surface area contributed by atoms with Gasteiger partial charge < -0.3 is 5.32 Å². The van der Waals surface area contributed by atoms with Crippen LogP contribution in [-0.4, -0.2) is 27.2 Å². The largest absolute Gasteiger partial charge is 0.352 e. The van der Waals surface area contributed by atoms with Gasteiger partial charge in [0.15, 0.2) is 11.0 Å². The Morgan fingerprint density at radius 1 is 1.09 bits per heavy atom. The van der Waals surface area contributed by atoms with Crippen molar-refractivity contribution < 1.29 is 9.18 Å². The fraction of sp³-hybridized carbons (Fsp3) is 0.208. The zero-order valence-electron chi connectivity index (χ0n) is 17.8. The van der Waals surface area contributed by atoms with E-state index in [-0.39, 0.29) is 11.7 Å². The number of aromatic nitrogens is 3. The molecule has 1 amide bonds. The molecule has 5 nitrogen and oxygen atoms in total. The average molecular weight is 467 g/mol. The van der Waals surface area contributed by atoms with Gasteiger partial charge in [-0.3, -0.25) is 9.36 Å². The number of hydrogen-bond donors (Lipinski definition) is 1. The highest BCUT2D eigenvalue weighted by molar-refractivity contribution is 7.98. The third-order valence-electron chi connectivity index (χ3n) is 4.72. The Kier molecular flexibility index (Phi) is 7.02. The van der Waals surface area contributed by atoms with Crippen LogP contribution < -0.4 is 5.32 Å². The second kappa shape index (κ2) is 10.1. The Hall–Kier alpha value is -2.97. The predicted octanol–water partition coefficient (Wildman–Crippen LogP) is 5.81. The topological polar surface area (TPSA) is 59.8 Å². The maximum absolute atomic E-state index is 14.6. The molecule has 4 aromatic rings. The molecule has 2 aromatic carbocycles. The van der Waals surface area contributed by atoms with Crippen molar-refractivity contribution in [2.45, 2.75) is 24.8 Å². The summed E-state index contributed by atoms with van der Waals surface area (Å²) >= 11 is 3.01. The second-order valence-corrected chi connectivity index (χ2v) is 9.55. The minimum Gasteiger partial charge on any atom is -0.352 e. The molecular weight excluding hydrogens is 443 g/mol. The Morgan fingerprint density at radius 2 is 1.88 bits per heavy atom. The summed E-state index contributed by atoms with van der Waals surface area (Å²) < 4.78 is 16.4. The minimum atomic E-state index is -0.330. The fourth-order valence-electron chi connectivity index (χ4n) is 3.08. The molecule has 0 aliphatic carbocycles. The normalized spacial score (nSPS) is 11.1. The highest BCUT2D eigenvalue weighted by Gasteiger charge is 2.19. The summed E-state index contributed by atoms with van der Waals surface area (Å²) in [5.41, 5.74) is 2.09. The lowest BCUT2D eigenvalue weighted by Gasteiger charge is -2.11. The van der Waals surface area contributed by atoms with E-state index in [0.717, 1.165) is 10.4 Å². The van der Waals surface area contributed by atoms with Gasteiger partial charge >= 0.3 is 0 Å². The van der Waals surface area contributed by atoms with Crippen LogP contribution in [0.25, 0.3) is 16.4 Å². The number of nitrogens with zero attached hydrogens (tertiary/aromatic N) is 3. The van der Waals surface area contributed by atoms with Crippen LogP contribution in [0.3, 0.4) is 0 Å². The van der Waals surface area contributed by atoms with Crippen molar-refractivity contribution in [1.82, 2.24) is 20.1 Å². The molecule has 0 aliphatic rings. The zero-order valence-corrected chi connectivity index (χ0v) is 19.4. The first kappa shape index (κ1) is 22.2. The van der Waals surface area contributed by atoms with Gasteiger partial charge in [0.05, 0.1) is 10.6 Å². The number of benzene rings is 2. The van der Waals surface area contributed by atoms with Crippen molar-refractivity contribution in [2.75, 3.05) is 6.54 Å². The molecule has 8 heteroatoms. The van der Waals surface area contributed by atoms with Crippen molar-refractivity contribution >= 4 is 29.0 Å². The van der Waals surface area contributed by atoms with Crippen LogP contribution in [0.1, 0.15) is 29.8 Å². The Bertz CT molecular complexity index is 1190. The molecule has 2 heterocycles. The Morgan fingerprint density at radius 3 is 2.56 bits per heavy atom. The fourth-order valence-corrected chi connectivity index (χ4v) is 4.68. The first-order valence-electron chi connectivity index (χ1n) is 10.3. The summed E-state index contributed by atoms with van der Waals surface area (Å²) in [6.45, 7) is 4.77. The van der Waals surface area contributed by atoms with Gasteiger partial charge in [0, 0.05) is 17.9 Å². The third-order valence-corrected chi connectivity index (χ3v) is 6.59. The zero-order chi connectivity index (χ0) is 22.5. The van der Waals surface area contributed by atoms with Crippen LogP contribution in [-0.2, 0) is 5.75 Å². The van der Waals surface area contributed by atoms with Gasteiger partial charge in [0.25, 0.3) is 5.91 Å². The van der Waals surface area contributed by atoms with Crippen molar-refractivity contribution in [1.29, 1.82) is 0 Å². The third kappa shape index (κ3) is 5.08. The first-order valence-corrected chi connectivity index (χ1v) is 12.1. The molecule has 0 fully saturated rings. The average Bonchev–Trinajstić information content (AvgIpc) is 3.46. The molecule has 0 radical (unpaired) electrons. The highest BCUT2D eigenvalue weighted by Crippen LogP contribution is 2.32. The lowest BCUT2D eigenvalue weighted by molar-refractivity contribution is 0.0949. The molecule has 0 saturated carbocycles. The summed E-state index contributed by atoms with van der Waals surface area (Å²) in [6, 6.07) is 18.0. The number of rotatable bonds is 8. The monoisotopic (exact) mass is 466 g/mol. The lowest BCUT2D eigenvalue weighted by Crippen LogP contribution is -2.27. The van der Waals surface area contributed by atoms with E-state index < -0.39 is 0 Å². The van der Waals surface area contributed by atoms with E-state index in [9.17, 15) is 9.18 Å². The van der Waals surface area contributed by atoms with Crippen molar-refractivity contribution in [2.24, 2.45) is 5.92 Å². The summed E-state index contributed by atoms with van der Waals surface area (Å²) in [4.78, 5) is 13.1. The van der Waals surface area contributed by atoms with Crippen LogP contribution in [0, 0.1) is 11.7 Å². The van der Waals surface area contributed by atoms with Crippen LogP contribution in [0.15, 0.2) is 71.2 Å². The van der Waals surface area contributed by atoms with E-state index in [1.807, 2.05) is 41.8 Å². The number of carbonyl (C=O) groups excluding carboxylic acids is 1. The number of hydrogen-bond acceptors (Lipinski definition) is 5. The summed E-state index contributed by atoms with van der Waals surface area (Å²) in [7, 11) is 0. The molecule has 0 atom stereocenters. The molecule has 1 N–H and O–H groups in total. The molecule has 0 spiro atoms. The molecule has 0 saturated heterocycles.